The van der Waals surface area contributed by atoms with Crippen LogP contribution in [0.15, 0.2) is 59.7 Å². The average Bonchev–Trinajstić information content (AvgIpc) is 3.42. The molecule has 1 saturated heterocycles. The Kier molecular flexibility index (Phi) is 7.50. The molecule has 1 N–H and O–H groups in total. The molecule has 0 saturated carbocycles. The number of rotatable bonds is 7. The number of hydrazone groups is 1. The monoisotopic (exact) mass is 485 g/mol. The van der Waals surface area contributed by atoms with Crippen LogP contribution in [0, 0.1) is 13.8 Å². The Labute approximate surface area is 201 Å². The summed E-state index contributed by atoms with van der Waals surface area (Å²) in [6.07, 6.45) is 1.64. The van der Waals surface area contributed by atoms with Crippen molar-refractivity contribution in [2.75, 3.05) is 18.1 Å². The first-order valence-electron chi connectivity index (χ1n) is 10.2. The van der Waals surface area contributed by atoms with Gasteiger partial charge in [0.2, 0.25) is 0 Å². The predicted octanol–water partition coefficient (Wildman–Crippen LogP) is 5.76. The third kappa shape index (κ3) is 5.34. The van der Waals surface area contributed by atoms with Gasteiger partial charge in [-0.2, -0.15) is 5.10 Å². The lowest BCUT2D eigenvalue weighted by molar-refractivity contribution is -0.123. The van der Waals surface area contributed by atoms with Crippen LogP contribution >= 0.6 is 35.1 Å². The van der Waals surface area contributed by atoms with Crippen LogP contribution < -0.4 is 10.2 Å². The van der Waals surface area contributed by atoms with Crippen molar-refractivity contribution >= 4 is 47.2 Å². The fourth-order valence-electron chi connectivity index (χ4n) is 3.55. The van der Waals surface area contributed by atoms with Gasteiger partial charge in [-0.05, 0) is 49.7 Å². The molecule has 0 aliphatic carbocycles. The Hall–Kier alpha value is -2.35. The summed E-state index contributed by atoms with van der Waals surface area (Å²) in [5.74, 6) is 2.74. The molecule has 1 amide bonds. The topological polar surface area (TPSA) is 55.6 Å². The van der Waals surface area contributed by atoms with Crippen molar-refractivity contribution in [1.29, 1.82) is 0 Å². The number of benzene rings is 2. The summed E-state index contributed by atoms with van der Waals surface area (Å²) in [5.41, 5.74) is 7.65. The summed E-state index contributed by atoms with van der Waals surface area (Å²) in [4.78, 5) is 12.1. The SMILES string of the molecule is Cc1cc(/C=N\NC(=O)COc2ccc(C3SCCS3)cc2)c(C)n1-c1ccccc1Cl. The number of hydrogen-bond donors (Lipinski definition) is 1. The second-order valence-electron chi connectivity index (χ2n) is 7.34. The van der Waals surface area contributed by atoms with Crippen LogP contribution in [-0.4, -0.2) is 34.8 Å². The minimum atomic E-state index is -0.313. The zero-order chi connectivity index (χ0) is 22.5. The molecule has 166 valence electrons. The number of carbonyl (C=O) groups excluding carboxylic acids is 1. The number of aryl methyl sites for hydroxylation is 1. The summed E-state index contributed by atoms with van der Waals surface area (Å²) < 4.78 is 8.16. The highest BCUT2D eigenvalue weighted by atomic mass is 35.5. The van der Waals surface area contributed by atoms with E-state index in [9.17, 15) is 4.79 Å². The first-order chi connectivity index (χ1) is 15.5. The van der Waals surface area contributed by atoms with E-state index in [4.69, 9.17) is 16.3 Å². The van der Waals surface area contributed by atoms with Crippen molar-refractivity contribution in [3.8, 4) is 11.4 Å². The molecule has 0 spiro atoms. The van der Waals surface area contributed by atoms with Crippen LogP contribution in [0.25, 0.3) is 5.69 Å². The number of para-hydroxylation sites is 1. The molecule has 2 heterocycles. The van der Waals surface area contributed by atoms with E-state index in [0.717, 1.165) is 22.6 Å². The van der Waals surface area contributed by atoms with Gasteiger partial charge in [0.05, 0.1) is 21.5 Å². The maximum atomic E-state index is 12.1. The minimum Gasteiger partial charge on any atom is -0.484 e. The van der Waals surface area contributed by atoms with Crippen molar-refractivity contribution in [2.45, 2.75) is 18.4 Å². The van der Waals surface area contributed by atoms with Gasteiger partial charge in [0.15, 0.2) is 6.61 Å². The lowest BCUT2D eigenvalue weighted by Gasteiger charge is -2.11. The molecular weight excluding hydrogens is 462 g/mol. The van der Waals surface area contributed by atoms with Gasteiger partial charge < -0.3 is 9.30 Å². The number of carbonyl (C=O) groups is 1. The number of halogens is 1. The molecule has 2 aromatic carbocycles. The Morgan fingerprint density at radius 3 is 2.62 bits per heavy atom. The molecule has 4 rings (SSSR count). The molecule has 0 atom stereocenters. The largest absolute Gasteiger partial charge is 0.484 e. The van der Waals surface area contributed by atoms with Crippen LogP contribution in [-0.2, 0) is 4.79 Å². The molecule has 1 aliphatic heterocycles. The maximum absolute atomic E-state index is 12.1. The van der Waals surface area contributed by atoms with E-state index in [0.29, 0.717) is 15.4 Å². The Bertz CT molecular complexity index is 1120. The average molecular weight is 486 g/mol. The number of nitrogens with one attached hydrogen (secondary N) is 1. The number of thioether (sulfide) groups is 2. The maximum Gasteiger partial charge on any atom is 0.277 e. The summed E-state index contributed by atoms with van der Waals surface area (Å²) in [7, 11) is 0. The van der Waals surface area contributed by atoms with E-state index < -0.39 is 0 Å². The molecular formula is C24H24ClN3O2S2. The van der Waals surface area contributed by atoms with Gasteiger partial charge in [-0.15, -0.1) is 23.5 Å². The predicted molar refractivity (Wildman–Crippen MR) is 136 cm³/mol. The molecule has 32 heavy (non-hydrogen) atoms. The van der Waals surface area contributed by atoms with E-state index >= 15 is 0 Å². The van der Waals surface area contributed by atoms with Crippen LogP contribution in [0.4, 0.5) is 0 Å². The standard InChI is InChI=1S/C24H24ClN3O2S2/c1-16-13-19(17(2)28(16)22-6-4-3-5-21(22)25)14-26-27-23(29)15-30-20-9-7-18(8-10-20)24-31-11-12-32-24/h3-10,13-14,24H,11-12,15H2,1-2H3,(H,27,29)/b26-14-. The second kappa shape index (κ2) is 10.5. The van der Waals surface area contributed by atoms with Crippen molar-refractivity contribution in [3.05, 3.63) is 82.1 Å². The highest BCUT2D eigenvalue weighted by Gasteiger charge is 2.18. The number of aromatic nitrogens is 1. The van der Waals surface area contributed by atoms with Crippen molar-refractivity contribution in [1.82, 2.24) is 9.99 Å². The molecule has 3 aromatic rings. The molecule has 1 aliphatic rings. The molecule has 8 heteroatoms. The highest BCUT2D eigenvalue weighted by Crippen LogP contribution is 2.45. The second-order valence-corrected chi connectivity index (χ2v) is 10.5. The minimum absolute atomic E-state index is 0.0950. The smallest absolute Gasteiger partial charge is 0.277 e. The van der Waals surface area contributed by atoms with E-state index in [1.54, 1.807) is 6.21 Å². The van der Waals surface area contributed by atoms with Gasteiger partial charge in [0.25, 0.3) is 5.91 Å². The number of amides is 1. The zero-order valence-electron chi connectivity index (χ0n) is 17.9. The van der Waals surface area contributed by atoms with Crippen molar-refractivity contribution in [3.63, 3.8) is 0 Å². The zero-order valence-corrected chi connectivity index (χ0v) is 20.3. The van der Waals surface area contributed by atoms with E-state index in [-0.39, 0.29) is 12.5 Å². The van der Waals surface area contributed by atoms with E-state index in [1.807, 2.05) is 79.8 Å². The van der Waals surface area contributed by atoms with Gasteiger partial charge in [0, 0.05) is 28.5 Å². The lowest BCUT2D eigenvalue weighted by Crippen LogP contribution is -2.24. The Morgan fingerprint density at radius 2 is 1.91 bits per heavy atom. The Balaban J connectivity index is 1.32. The number of nitrogens with zero attached hydrogens (tertiary/aromatic N) is 2. The van der Waals surface area contributed by atoms with Gasteiger partial charge in [-0.1, -0.05) is 35.9 Å². The third-order valence-electron chi connectivity index (χ3n) is 5.10. The van der Waals surface area contributed by atoms with Crippen LogP contribution in [0.3, 0.4) is 0 Å². The van der Waals surface area contributed by atoms with Gasteiger partial charge in [-0.25, -0.2) is 5.43 Å². The van der Waals surface area contributed by atoms with Crippen LogP contribution in [0.1, 0.15) is 27.1 Å². The highest BCUT2D eigenvalue weighted by molar-refractivity contribution is 8.19. The van der Waals surface area contributed by atoms with Crippen molar-refractivity contribution in [2.24, 2.45) is 5.10 Å². The normalized spacial score (nSPS) is 14.2. The molecule has 0 radical (unpaired) electrons. The Morgan fingerprint density at radius 1 is 1.19 bits per heavy atom. The van der Waals surface area contributed by atoms with Gasteiger partial charge in [-0.3, -0.25) is 4.79 Å². The first-order valence-corrected chi connectivity index (χ1v) is 12.7. The summed E-state index contributed by atoms with van der Waals surface area (Å²) in [6.45, 7) is 3.91. The molecule has 1 fully saturated rings. The van der Waals surface area contributed by atoms with Crippen molar-refractivity contribution < 1.29 is 9.53 Å². The summed E-state index contributed by atoms with van der Waals surface area (Å²) in [5, 5.41) is 4.77. The summed E-state index contributed by atoms with van der Waals surface area (Å²) in [6, 6.07) is 17.7. The summed E-state index contributed by atoms with van der Waals surface area (Å²) >= 11 is 10.3. The number of ether oxygens (including phenoxy) is 1. The van der Waals surface area contributed by atoms with E-state index in [2.05, 4.69) is 27.2 Å². The molecule has 0 bridgehead atoms. The fraction of sp³-hybridized carbons (Fsp3) is 0.250. The van der Waals surface area contributed by atoms with Gasteiger partial charge >= 0.3 is 0 Å². The van der Waals surface area contributed by atoms with E-state index in [1.165, 1.54) is 17.1 Å². The van der Waals surface area contributed by atoms with Crippen LogP contribution in [0.2, 0.25) is 5.02 Å². The molecule has 5 nitrogen and oxygen atoms in total. The fourth-order valence-corrected chi connectivity index (χ4v) is 6.63. The lowest BCUT2D eigenvalue weighted by atomic mass is 10.2. The number of hydrogen-bond acceptors (Lipinski definition) is 5. The van der Waals surface area contributed by atoms with Gasteiger partial charge in [0.1, 0.15) is 5.75 Å². The molecule has 0 unspecified atom stereocenters. The molecule has 1 aromatic heterocycles. The first kappa shape index (κ1) is 22.8. The van der Waals surface area contributed by atoms with Crippen LogP contribution in [0.5, 0.6) is 5.75 Å². The quantitative estimate of drug-likeness (QED) is 0.341. The third-order valence-corrected chi connectivity index (χ3v) is 8.52.